The van der Waals surface area contributed by atoms with Crippen LogP contribution in [0.4, 0.5) is 0 Å². The molecule has 0 fully saturated rings. The Hall–Kier alpha value is -2.40. The summed E-state index contributed by atoms with van der Waals surface area (Å²) in [6, 6.07) is 8.72. The first-order valence-electron chi connectivity index (χ1n) is 8.19. The van der Waals surface area contributed by atoms with Gasteiger partial charge in [-0.2, -0.15) is 0 Å². The van der Waals surface area contributed by atoms with Crippen LogP contribution < -0.4 is 0 Å². The molecular formula is C19H25N5. The van der Waals surface area contributed by atoms with Crippen molar-refractivity contribution < 1.29 is 0 Å². The van der Waals surface area contributed by atoms with E-state index in [-0.39, 0.29) is 0 Å². The zero-order chi connectivity index (χ0) is 17.3. The van der Waals surface area contributed by atoms with Crippen LogP contribution in [0.25, 0.3) is 11.6 Å². The van der Waals surface area contributed by atoms with E-state index in [9.17, 15) is 0 Å². The molecule has 0 aliphatic heterocycles. The first-order chi connectivity index (χ1) is 11.5. The Morgan fingerprint density at radius 1 is 1.08 bits per heavy atom. The SMILES string of the molecule is Cc1nc(-c2nccn2Cc2cccc(CN(C)C)c2)n(C)c1C. The molecule has 0 saturated carbocycles. The minimum absolute atomic E-state index is 0.793. The highest BCUT2D eigenvalue weighted by Crippen LogP contribution is 2.20. The highest BCUT2D eigenvalue weighted by Gasteiger charge is 2.15. The molecule has 0 atom stereocenters. The van der Waals surface area contributed by atoms with Gasteiger partial charge in [0.05, 0.1) is 5.69 Å². The van der Waals surface area contributed by atoms with Gasteiger partial charge >= 0.3 is 0 Å². The third-order valence-corrected chi connectivity index (χ3v) is 4.38. The number of hydrogen-bond acceptors (Lipinski definition) is 3. The summed E-state index contributed by atoms with van der Waals surface area (Å²) in [5, 5.41) is 0. The zero-order valence-electron chi connectivity index (χ0n) is 15.1. The predicted octanol–water partition coefficient (Wildman–Crippen LogP) is 3.01. The Balaban J connectivity index is 1.90. The maximum absolute atomic E-state index is 4.68. The molecule has 5 heteroatoms. The van der Waals surface area contributed by atoms with Gasteiger partial charge in [-0.15, -0.1) is 0 Å². The second kappa shape index (κ2) is 6.61. The van der Waals surface area contributed by atoms with Crippen LogP contribution in [-0.2, 0) is 20.1 Å². The number of aryl methyl sites for hydroxylation is 1. The maximum Gasteiger partial charge on any atom is 0.176 e. The summed E-state index contributed by atoms with van der Waals surface area (Å²) in [5.74, 6) is 1.83. The molecule has 2 heterocycles. The van der Waals surface area contributed by atoms with E-state index < -0.39 is 0 Å². The van der Waals surface area contributed by atoms with Crippen molar-refractivity contribution in [2.45, 2.75) is 26.9 Å². The summed E-state index contributed by atoms with van der Waals surface area (Å²) < 4.78 is 4.27. The van der Waals surface area contributed by atoms with Crippen molar-refractivity contribution in [2.24, 2.45) is 7.05 Å². The van der Waals surface area contributed by atoms with E-state index in [1.807, 2.05) is 26.4 Å². The number of imidazole rings is 2. The average molecular weight is 323 g/mol. The smallest absolute Gasteiger partial charge is 0.176 e. The Labute approximate surface area is 143 Å². The molecule has 2 aromatic heterocycles. The first-order valence-corrected chi connectivity index (χ1v) is 8.19. The van der Waals surface area contributed by atoms with Crippen LogP contribution in [0.5, 0.6) is 0 Å². The predicted molar refractivity (Wildman–Crippen MR) is 96.8 cm³/mol. The summed E-state index contributed by atoms with van der Waals surface area (Å²) in [5.41, 5.74) is 4.82. The Morgan fingerprint density at radius 3 is 2.50 bits per heavy atom. The van der Waals surface area contributed by atoms with E-state index in [2.05, 4.69) is 69.3 Å². The summed E-state index contributed by atoms with van der Waals surface area (Å²) in [7, 11) is 6.22. The molecule has 0 bridgehead atoms. The highest BCUT2D eigenvalue weighted by atomic mass is 15.2. The fourth-order valence-electron chi connectivity index (χ4n) is 2.95. The number of rotatable bonds is 5. The van der Waals surface area contributed by atoms with Crippen molar-refractivity contribution in [3.8, 4) is 11.6 Å². The minimum atomic E-state index is 0.793. The lowest BCUT2D eigenvalue weighted by Crippen LogP contribution is -2.11. The second-order valence-corrected chi connectivity index (χ2v) is 6.60. The molecule has 0 unspecified atom stereocenters. The van der Waals surface area contributed by atoms with Crippen LogP contribution in [-0.4, -0.2) is 38.1 Å². The third-order valence-electron chi connectivity index (χ3n) is 4.38. The van der Waals surface area contributed by atoms with Gasteiger partial charge in [-0.1, -0.05) is 24.3 Å². The Morgan fingerprint density at radius 2 is 1.83 bits per heavy atom. The van der Waals surface area contributed by atoms with Crippen LogP contribution in [0.2, 0.25) is 0 Å². The molecule has 5 nitrogen and oxygen atoms in total. The molecule has 0 N–H and O–H groups in total. The summed E-state index contributed by atoms with van der Waals surface area (Å²) in [6.45, 7) is 5.87. The molecule has 0 aliphatic carbocycles. The van der Waals surface area contributed by atoms with Crippen molar-refractivity contribution in [2.75, 3.05) is 14.1 Å². The number of benzene rings is 1. The second-order valence-electron chi connectivity index (χ2n) is 6.60. The van der Waals surface area contributed by atoms with E-state index in [0.29, 0.717) is 0 Å². The summed E-state index contributed by atoms with van der Waals surface area (Å²) >= 11 is 0. The van der Waals surface area contributed by atoms with Gasteiger partial charge in [0.2, 0.25) is 0 Å². The summed E-state index contributed by atoms with van der Waals surface area (Å²) in [6.07, 6.45) is 3.87. The normalized spacial score (nSPS) is 11.4. The van der Waals surface area contributed by atoms with E-state index in [4.69, 9.17) is 0 Å². The van der Waals surface area contributed by atoms with Crippen LogP contribution in [0.1, 0.15) is 22.5 Å². The molecule has 24 heavy (non-hydrogen) atoms. The van der Waals surface area contributed by atoms with Crippen LogP contribution >= 0.6 is 0 Å². The Kier molecular flexibility index (Phi) is 4.53. The molecule has 0 spiro atoms. The van der Waals surface area contributed by atoms with Crippen molar-refractivity contribution in [3.05, 3.63) is 59.2 Å². The van der Waals surface area contributed by atoms with Crippen LogP contribution in [0.3, 0.4) is 0 Å². The molecule has 0 aliphatic rings. The molecule has 0 saturated heterocycles. The molecule has 3 rings (SSSR count). The number of hydrogen-bond donors (Lipinski definition) is 0. The van der Waals surface area contributed by atoms with Crippen molar-refractivity contribution >= 4 is 0 Å². The quantitative estimate of drug-likeness (QED) is 0.724. The lowest BCUT2D eigenvalue weighted by Gasteiger charge is -2.12. The average Bonchev–Trinajstić information content (AvgIpc) is 3.07. The maximum atomic E-state index is 4.68. The number of aromatic nitrogens is 4. The van der Waals surface area contributed by atoms with Crippen LogP contribution in [0, 0.1) is 13.8 Å². The Bertz CT molecular complexity index is 841. The molecule has 3 aromatic rings. The molecule has 0 amide bonds. The van der Waals surface area contributed by atoms with E-state index >= 15 is 0 Å². The fourth-order valence-corrected chi connectivity index (χ4v) is 2.95. The van der Waals surface area contributed by atoms with Gasteiger partial charge in [-0.3, -0.25) is 0 Å². The van der Waals surface area contributed by atoms with Gasteiger partial charge in [0.25, 0.3) is 0 Å². The molecule has 126 valence electrons. The number of nitrogens with zero attached hydrogens (tertiary/aromatic N) is 5. The van der Waals surface area contributed by atoms with Crippen molar-refractivity contribution in [1.82, 2.24) is 24.0 Å². The fraction of sp³-hybridized carbons (Fsp3) is 0.368. The molecule has 1 aromatic carbocycles. The lowest BCUT2D eigenvalue weighted by atomic mass is 10.1. The van der Waals surface area contributed by atoms with Gasteiger partial charge in [-0.05, 0) is 39.1 Å². The first kappa shape index (κ1) is 16.5. The van der Waals surface area contributed by atoms with Gasteiger partial charge in [0, 0.05) is 38.2 Å². The third kappa shape index (κ3) is 3.26. The van der Waals surface area contributed by atoms with Gasteiger partial charge in [0.1, 0.15) is 0 Å². The standard InChI is InChI=1S/C19H25N5/c1-14-15(2)23(5)19(21-14)18-20-9-10-24(18)13-17-8-6-7-16(11-17)12-22(3)4/h6-11H,12-13H2,1-5H3. The topological polar surface area (TPSA) is 38.9 Å². The van der Waals surface area contributed by atoms with Crippen molar-refractivity contribution in [1.29, 1.82) is 0 Å². The van der Waals surface area contributed by atoms with Gasteiger partial charge in [-0.25, -0.2) is 9.97 Å². The zero-order valence-corrected chi connectivity index (χ0v) is 15.1. The largest absolute Gasteiger partial charge is 0.329 e. The van der Waals surface area contributed by atoms with E-state index in [1.165, 1.54) is 16.8 Å². The highest BCUT2D eigenvalue weighted by molar-refractivity contribution is 5.47. The molecular weight excluding hydrogens is 298 g/mol. The van der Waals surface area contributed by atoms with Gasteiger partial charge in [0.15, 0.2) is 11.6 Å². The minimum Gasteiger partial charge on any atom is -0.329 e. The van der Waals surface area contributed by atoms with Crippen LogP contribution in [0.15, 0.2) is 36.7 Å². The summed E-state index contributed by atoms with van der Waals surface area (Å²) in [4.78, 5) is 11.4. The van der Waals surface area contributed by atoms with E-state index in [1.54, 1.807) is 0 Å². The van der Waals surface area contributed by atoms with Crippen molar-refractivity contribution in [3.63, 3.8) is 0 Å². The monoisotopic (exact) mass is 323 g/mol. The van der Waals surface area contributed by atoms with E-state index in [0.717, 1.165) is 30.4 Å². The lowest BCUT2D eigenvalue weighted by molar-refractivity contribution is 0.402. The molecule has 0 radical (unpaired) electrons. The van der Waals surface area contributed by atoms with Gasteiger partial charge < -0.3 is 14.0 Å².